The maximum absolute atomic E-state index is 11.7. The molecule has 1 unspecified atom stereocenters. The molecule has 1 aromatic rings. The first-order valence-corrected chi connectivity index (χ1v) is 8.37. The average Bonchev–Trinajstić information content (AvgIpc) is 2.58. The molecule has 0 heterocycles. The number of nitrogens with one attached hydrogen (secondary N) is 2. The number of hydrogen-bond donors (Lipinski definition) is 3. The first-order chi connectivity index (χ1) is 11.9. The summed E-state index contributed by atoms with van der Waals surface area (Å²) >= 11 is 0. The van der Waals surface area contributed by atoms with Gasteiger partial charge in [0.15, 0.2) is 0 Å². The highest BCUT2D eigenvalue weighted by Gasteiger charge is 2.22. The smallest absolute Gasteiger partial charge is 0.407 e. The fourth-order valence-corrected chi connectivity index (χ4v) is 2.13. The van der Waals surface area contributed by atoms with Crippen molar-refractivity contribution in [2.75, 3.05) is 6.54 Å². The second kappa shape index (κ2) is 11.1. The minimum Gasteiger partial charge on any atom is -0.480 e. The summed E-state index contributed by atoms with van der Waals surface area (Å²) in [4.78, 5) is 34.3. The zero-order chi connectivity index (χ0) is 18.7. The summed E-state index contributed by atoms with van der Waals surface area (Å²) in [6.07, 6.45) is 0.874. The lowest BCUT2D eigenvalue weighted by molar-refractivity contribution is -0.143. The molecule has 25 heavy (non-hydrogen) atoms. The number of rotatable bonds is 10. The standard InChI is InChI=1S/C18H26N2O5/c1-13(2)16(17(22)23)20-15(21)10-6-7-11-19-18(24)25-12-14-8-4-3-5-9-14/h3-5,8-9,13,16H,6-7,10-12H2,1-2H3,(H,19,24)(H,20,21)(H,22,23). The number of amides is 2. The predicted molar refractivity (Wildman–Crippen MR) is 92.9 cm³/mol. The van der Waals surface area contributed by atoms with Crippen LogP contribution in [0.25, 0.3) is 0 Å². The van der Waals surface area contributed by atoms with Crippen LogP contribution in [-0.2, 0) is 20.9 Å². The monoisotopic (exact) mass is 350 g/mol. The SMILES string of the molecule is CC(C)C(NC(=O)CCCCNC(=O)OCc1ccccc1)C(=O)O. The van der Waals surface area contributed by atoms with Crippen molar-refractivity contribution in [2.24, 2.45) is 5.92 Å². The summed E-state index contributed by atoms with van der Waals surface area (Å²) in [6, 6.07) is 8.49. The van der Waals surface area contributed by atoms with E-state index < -0.39 is 18.1 Å². The zero-order valence-corrected chi connectivity index (χ0v) is 14.7. The van der Waals surface area contributed by atoms with Crippen LogP contribution in [0.5, 0.6) is 0 Å². The molecule has 0 aliphatic carbocycles. The van der Waals surface area contributed by atoms with Gasteiger partial charge in [0.2, 0.25) is 5.91 Å². The number of ether oxygens (including phenoxy) is 1. The minimum atomic E-state index is -1.04. The molecule has 7 nitrogen and oxygen atoms in total. The quantitative estimate of drug-likeness (QED) is 0.562. The van der Waals surface area contributed by atoms with Gasteiger partial charge < -0.3 is 20.5 Å². The van der Waals surface area contributed by atoms with E-state index in [1.54, 1.807) is 13.8 Å². The van der Waals surface area contributed by atoms with E-state index in [1.807, 2.05) is 30.3 Å². The third-order valence-corrected chi connectivity index (χ3v) is 3.56. The molecule has 7 heteroatoms. The number of carboxylic acids is 1. The number of hydrogen-bond acceptors (Lipinski definition) is 4. The van der Waals surface area contributed by atoms with Crippen LogP contribution in [0.4, 0.5) is 4.79 Å². The summed E-state index contributed by atoms with van der Waals surface area (Å²) in [6.45, 7) is 4.09. The minimum absolute atomic E-state index is 0.178. The number of aliphatic carboxylic acids is 1. The van der Waals surface area contributed by atoms with Gasteiger partial charge in [-0.15, -0.1) is 0 Å². The van der Waals surface area contributed by atoms with Gasteiger partial charge in [-0.05, 0) is 24.3 Å². The van der Waals surface area contributed by atoms with Gasteiger partial charge in [0.05, 0.1) is 0 Å². The molecule has 0 radical (unpaired) electrons. The van der Waals surface area contributed by atoms with Crippen LogP contribution >= 0.6 is 0 Å². The first kappa shape index (κ1) is 20.5. The van der Waals surface area contributed by atoms with Gasteiger partial charge in [-0.25, -0.2) is 9.59 Å². The van der Waals surface area contributed by atoms with E-state index in [0.29, 0.717) is 19.4 Å². The molecule has 138 valence electrons. The first-order valence-electron chi connectivity index (χ1n) is 8.37. The van der Waals surface area contributed by atoms with Crippen LogP contribution in [0, 0.1) is 5.92 Å². The Balaban J connectivity index is 2.11. The Labute approximate surface area is 147 Å². The highest BCUT2D eigenvalue weighted by Crippen LogP contribution is 2.04. The summed E-state index contributed by atoms with van der Waals surface area (Å²) in [5.41, 5.74) is 0.910. The lowest BCUT2D eigenvalue weighted by Crippen LogP contribution is -2.44. The van der Waals surface area contributed by atoms with Crippen LogP contribution in [0.3, 0.4) is 0 Å². The van der Waals surface area contributed by atoms with Crippen LogP contribution in [0.1, 0.15) is 38.7 Å². The van der Waals surface area contributed by atoms with E-state index in [0.717, 1.165) is 5.56 Å². The molecule has 0 aliphatic rings. The van der Waals surface area contributed by atoms with Gasteiger partial charge in [0, 0.05) is 13.0 Å². The van der Waals surface area contributed by atoms with E-state index >= 15 is 0 Å². The van der Waals surface area contributed by atoms with Crippen molar-refractivity contribution in [1.29, 1.82) is 0 Å². The van der Waals surface area contributed by atoms with Gasteiger partial charge in [0.25, 0.3) is 0 Å². The largest absolute Gasteiger partial charge is 0.480 e. The van der Waals surface area contributed by atoms with Gasteiger partial charge in [0.1, 0.15) is 12.6 Å². The van der Waals surface area contributed by atoms with Crippen LogP contribution in [0.2, 0.25) is 0 Å². The number of alkyl carbamates (subject to hydrolysis) is 1. The van der Waals surface area contributed by atoms with Crippen molar-refractivity contribution in [2.45, 2.75) is 45.8 Å². The van der Waals surface area contributed by atoms with Gasteiger partial charge in [-0.2, -0.15) is 0 Å². The molecule has 0 spiro atoms. The number of carboxylic acid groups (broad SMARTS) is 1. The van der Waals surface area contributed by atoms with Crippen molar-refractivity contribution in [3.8, 4) is 0 Å². The molecule has 2 amide bonds. The number of benzene rings is 1. The maximum Gasteiger partial charge on any atom is 0.407 e. The molecular formula is C18H26N2O5. The summed E-state index contributed by atoms with van der Waals surface area (Å²) < 4.78 is 5.07. The Morgan fingerprint density at radius 3 is 2.40 bits per heavy atom. The van der Waals surface area contributed by atoms with Crippen molar-refractivity contribution < 1.29 is 24.2 Å². The van der Waals surface area contributed by atoms with E-state index in [2.05, 4.69) is 10.6 Å². The van der Waals surface area contributed by atoms with Crippen molar-refractivity contribution in [3.05, 3.63) is 35.9 Å². The molecule has 3 N–H and O–H groups in total. The van der Waals surface area contributed by atoms with E-state index in [-0.39, 0.29) is 24.9 Å². The number of unbranched alkanes of at least 4 members (excludes halogenated alkanes) is 1. The molecule has 1 atom stereocenters. The van der Waals surface area contributed by atoms with Crippen molar-refractivity contribution in [1.82, 2.24) is 10.6 Å². The molecule has 0 saturated heterocycles. The zero-order valence-electron chi connectivity index (χ0n) is 14.7. The molecular weight excluding hydrogens is 324 g/mol. The summed E-state index contributed by atoms with van der Waals surface area (Å²) in [5.74, 6) is -1.51. The fourth-order valence-electron chi connectivity index (χ4n) is 2.13. The normalized spacial score (nSPS) is 11.6. The predicted octanol–water partition coefficient (Wildman–Crippen LogP) is 2.31. The second-order valence-electron chi connectivity index (χ2n) is 6.07. The highest BCUT2D eigenvalue weighted by molar-refractivity contribution is 5.83. The highest BCUT2D eigenvalue weighted by atomic mass is 16.5. The Bertz CT molecular complexity index is 560. The number of carbonyl (C=O) groups is 3. The van der Waals surface area contributed by atoms with Crippen LogP contribution < -0.4 is 10.6 Å². The summed E-state index contributed by atoms with van der Waals surface area (Å²) in [7, 11) is 0. The molecule has 0 saturated carbocycles. The molecule has 1 rings (SSSR count). The van der Waals surface area contributed by atoms with Crippen molar-refractivity contribution >= 4 is 18.0 Å². The number of carbonyl (C=O) groups excluding carboxylic acids is 2. The lowest BCUT2D eigenvalue weighted by atomic mass is 10.0. The molecule has 0 aromatic heterocycles. The Kier molecular flexibility index (Phi) is 9.06. The van der Waals surface area contributed by atoms with Gasteiger partial charge >= 0.3 is 12.1 Å². The van der Waals surface area contributed by atoms with Gasteiger partial charge in [-0.3, -0.25) is 4.79 Å². The van der Waals surface area contributed by atoms with E-state index in [4.69, 9.17) is 9.84 Å². The third kappa shape index (κ3) is 8.74. The van der Waals surface area contributed by atoms with E-state index in [9.17, 15) is 14.4 Å². The second-order valence-corrected chi connectivity index (χ2v) is 6.07. The third-order valence-electron chi connectivity index (χ3n) is 3.56. The molecule has 0 aliphatic heterocycles. The average molecular weight is 350 g/mol. The Hall–Kier alpha value is -2.57. The molecule has 0 bridgehead atoms. The molecule has 1 aromatic carbocycles. The van der Waals surface area contributed by atoms with Crippen molar-refractivity contribution in [3.63, 3.8) is 0 Å². The fraction of sp³-hybridized carbons (Fsp3) is 0.500. The van der Waals surface area contributed by atoms with Crippen LogP contribution in [0.15, 0.2) is 30.3 Å². The van der Waals surface area contributed by atoms with Crippen LogP contribution in [-0.4, -0.2) is 35.7 Å². The lowest BCUT2D eigenvalue weighted by Gasteiger charge is -2.17. The maximum atomic E-state index is 11.7. The van der Waals surface area contributed by atoms with E-state index in [1.165, 1.54) is 0 Å². The Morgan fingerprint density at radius 2 is 1.80 bits per heavy atom. The molecule has 0 fully saturated rings. The Morgan fingerprint density at radius 1 is 1.12 bits per heavy atom. The summed E-state index contributed by atoms with van der Waals surface area (Å²) in [5, 5.41) is 14.1. The topological polar surface area (TPSA) is 105 Å². The van der Waals surface area contributed by atoms with Gasteiger partial charge in [-0.1, -0.05) is 44.2 Å².